The van der Waals surface area contributed by atoms with E-state index < -0.39 is 76.8 Å². The van der Waals surface area contributed by atoms with Crippen LogP contribution in [0.3, 0.4) is 0 Å². The molecule has 1 aromatic rings. The fourth-order valence-corrected chi connectivity index (χ4v) is 3.09. The Hall–Kier alpha value is -3.23. The van der Waals surface area contributed by atoms with Gasteiger partial charge in [-0.15, -0.1) is 5.06 Å². The van der Waals surface area contributed by atoms with E-state index in [2.05, 4.69) is 4.84 Å². The molecule has 0 aliphatic carbocycles. The van der Waals surface area contributed by atoms with E-state index in [0.29, 0.717) is 0 Å². The minimum atomic E-state index is -2.45. The summed E-state index contributed by atoms with van der Waals surface area (Å²) < 4.78 is 67.6. The van der Waals surface area contributed by atoms with E-state index >= 15 is 0 Å². The molecule has 1 aromatic carbocycles. The summed E-state index contributed by atoms with van der Waals surface area (Å²) >= 11 is 1.21. The van der Waals surface area contributed by atoms with Crippen molar-refractivity contribution in [3.8, 4) is 0 Å². The van der Waals surface area contributed by atoms with Crippen LogP contribution >= 0.6 is 11.8 Å². The molecule has 0 aromatic heterocycles. The highest BCUT2D eigenvalue weighted by atomic mass is 32.2. The van der Waals surface area contributed by atoms with Gasteiger partial charge in [-0.25, -0.2) is 26.7 Å². The van der Waals surface area contributed by atoms with Gasteiger partial charge in [-0.2, -0.15) is 11.8 Å². The van der Waals surface area contributed by atoms with Crippen molar-refractivity contribution in [2.75, 3.05) is 18.6 Å². The second kappa shape index (κ2) is 11.1. The molecule has 0 unspecified atom stereocenters. The van der Waals surface area contributed by atoms with Gasteiger partial charge in [0, 0.05) is 12.8 Å². The zero-order valence-electron chi connectivity index (χ0n) is 16.8. The van der Waals surface area contributed by atoms with E-state index in [0.717, 1.165) is 0 Å². The van der Waals surface area contributed by atoms with Crippen LogP contribution in [0.2, 0.25) is 0 Å². The molecule has 0 saturated carbocycles. The first-order valence-electron chi connectivity index (χ1n) is 9.15. The van der Waals surface area contributed by atoms with E-state index in [-0.39, 0.29) is 30.1 Å². The predicted octanol–water partition coefficient (Wildman–Crippen LogP) is 0.957. The van der Waals surface area contributed by atoms with Crippen molar-refractivity contribution < 1.29 is 50.8 Å². The van der Waals surface area contributed by atoms with Crippen molar-refractivity contribution in [2.45, 2.75) is 25.3 Å². The summed E-state index contributed by atoms with van der Waals surface area (Å²) in [6, 6.07) is -1.54. The van der Waals surface area contributed by atoms with E-state index in [9.17, 15) is 45.9 Å². The number of nitrogens with zero attached hydrogens (tertiary/aromatic N) is 1. The number of halogens is 5. The molecule has 2 rings (SSSR count). The molecule has 1 aliphatic rings. The van der Waals surface area contributed by atoms with Gasteiger partial charge in [0.05, 0.1) is 0 Å². The first-order valence-corrected chi connectivity index (χ1v) is 10.5. The number of carbonyl (C=O) groups excluding carboxylic acids is 5. The molecule has 1 aliphatic heterocycles. The molecule has 15 heteroatoms. The normalized spacial score (nSPS) is 14.3. The standard InChI is InChI=1S/C18H16F5N3O6S/c1-33-5-4-7(17(30)24-6-10(29)32-26-8(27)2-3-9(26)28)25-18(31)11-12(19)14(21)16(23)15(22)13(11)20/h7H,2-6H2,1H3,(H,24,30)(H,25,31)/t7-/m0/s1. The summed E-state index contributed by atoms with van der Waals surface area (Å²) in [5.74, 6) is -17.2. The van der Waals surface area contributed by atoms with Gasteiger partial charge in [0.25, 0.3) is 17.7 Å². The third-order valence-electron chi connectivity index (χ3n) is 4.28. The summed E-state index contributed by atoms with van der Waals surface area (Å²) in [6.07, 6.45) is 1.17. The fourth-order valence-electron chi connectivity index (χ4n) is 2.61. The molecule has 1 heterocycles. The maximum absolute atomic E-state index is 13.9. The predicted molar refractivity (Wildman–Crippen MR) is 101 cm³/mol. The molecule has 0 bridgehead atoms. The van der Waals surface area contributed by atoms with Gasteiger partial charge in [0.2, 0.25) is 11.7 Å². The summed E-state index contributed by atoms with van der Waals surface area (Å²) in [6.45, 7) is -0.857. The number of thioether (sulfide) groups is 1. The highest BCUT2D eigenvalue weighted by Crippen LogP contribution is 2.23. The highest BCUT2D eigenvalue weighted by Gasteiger charge is 2.34. The molecular formula is C18H16F5N3O6S. The van der Waals surface area contributed by atoms with Crippen molar-refractivity contribution >= 4 is 41.4 Å². The number of benzene rings is 1. The second-order valence-corrected chi connectivity index (χ2v) is 7.50. The van der Waals surface area contributed by atoms with Crippen LogP contribution in [0, 0.1) is 29.1 Å². The summed E-state index contributed by atoms with van der Waals surface area (Å²) in [5.41, 5.74) is -1.78. The summed E-state index contributed by atoms with van der Waals surface area (Å²) in [5, 5.41) is 4.13. The van der Waals surface area contributed by atoms with Crippen molar-refractivity contribution in [3.05, 3.63) is 34.6 Å². The topological polar surface area (TPSA) is 122 Å². The maximum Gasteiger partial charge on any atom is 0.352 e. The minimum Gasteiger partial charge on any atom is -0.343 e. The number of carbonyl (C=O) groups is 5. The Morgan fingerprint density at radius 2 is 1.48 bits per heavy atom. The number of hydrogen-bond acceptors (Lipinski definition) is 7. The maximum atomic E-state index is 13.9. The van der Waals surface area contributed by atoms with E-state index in [4.69, 9.17) is 0 Å². The van der Waals surface area contributed by atoms with Crippen molar-refractivity contribution in [2.24, 2.45) is 0 Å². The Labute approximate surface area is 186 Å². The van der Waals surface area contributed by atoms with Gasteiger partial charge in [0.1, 0.15) is 18.2 Å². The number of hydrogen-bond donors (Lipinski definition) is 2. The molecular weight excluding hydrogens is 481 g/mol. The first-order chi connectivity index (χ1) is 15.5. The molecule has 1 saturated heterocycles. The van der Waals surface area contributed by atoms with Gasteiger partial charge < -0.3 is 15.5 Å². The monoisotopic (exact) mass is 497 g/mol. The summed E-state index contributed by atoms with van der Waals surface area (Å²) in [4.78, 5) is 63.7. The average molecular weight is 497 g/mol. The van der Waals surface area contributed by atoms with Crippen LogP contribution < -0.4 is 10.6 Å². The van der Waals surface area contributed by atoms with Gasteiger partial charge in [-0.05, 0) is 18.4 Å². The molecule has 33 heavy (non-hydrogen) atoms. The summed E-state index contributed by atoms with van der Waals surface area (Å²) in [7, 11) is 0. The van der Waals surface area contributed by atoms with Crippen molar-refractivity contribution in [1.82, 2.24) is 15.7 Å². The molecule has 0 radical (unpaired) electrons. The Morgan fingerprint density at radius 1 is 0.970 bits per heavy atom. The Bertz CT molecular complexity index is 963. The quantitative estimate of drug-likeness (QED) is 0.226. The molecule has 0 spiro atoms. The smallest absolute Gasteiger partial charge is 0.343 e. The number of imide groups is 1. The molecule has 1 fully saturated rings. The largest absolute Gasteiger partial charge is 0.352 e. The third kappa shape index (κ3) is 5.97. The highest BCUT2D eigenvalue weighted by molar-refractivity contribution is 7.98. The Balaban J connectivity index is 2.09. The lowest BCUT2D eigenvalue weighted by atomic mass is 10.1. The van der Waals surface area contributed by atoms with E-state index in [1.807, 2.05) is 10.6 Å². The number of amides is 4. The zero-order valence-corrected chi connectivity index (χ0v) is 17.6. The van der Waals surface area contributed by atoms with Crippen LogP contribution in [0.1, 0.15) is 29.6 Å². The van der Waals surface area contributed by atoms with Crippen LogP contribution in [-0.4, -0.2) is 59.3 Å². The van der Waals surface area contributed by atoms with Crippen LogP contribution in [-0.2, 0) is 24.0 Å². The lowest BCUT2D eigenvalue weighted by molar-refractivity contribution is -0.196. The van der Waals surface area contributed by atoms with Crippen LogP contribution in [0.15, 0.2) is 0 Å². The zero-order chi connectivity index (χ0) is 24.9. The average Bonchev–Trinajstić information content (AvgIpc) is 3.09. The molecule has 9 nitrogen and oxygen atoms in total. The Morgan fingerprint density at radius 3 is 2.00 bits per heavy atom. The van der Waals surface area contributed by atoms with Gasteiger partial charge >= 0.3 is 5.97 Å². The fraction of sp³-hybridized carbons (Fsp3) is 0.389. The lowest BCUT2D eigenvalue weighted by Gasteiger charge is -2.19. The van der Waals surface area contributed by atoms with E-state index in [1.54, 1.807) is 6.26 Å². The number of rotatable bonds is 9. The molecule has 4 amide bonds. The first kappa shape index (κ1) is 26.0. The minimum absolute atomic E-state index is 0.147. The van der Waals surface area contributed by atoms with Crippen LogP contribution in [0.25, 0.3) is 0 Å². The number of nitrogens with one attached hydrogen (secondary N) is 2. The lowest BCUT2D eigenvalue weighted by Crippen LogP contribution is -2.49. The SMILES string of the molecule is CSCC[C@H](NC(=O)c1c(F)c(F)c(F)c(F)c1F)C(=O)NCC(=O)ON1C(=O)CCC1=O. The second-order valence-electron chi connectivity index (χ2n) is 6.52. The molecule has 1 atom stereocenters. The van der Waals surface area contributed by atoms with Gasteiger partial charge in [0.15, 0.2) is 23.3 Å². The molecule has 180 valence electrons. The van der Waals surface area contributed by atoms with Crippen molar-refractivity contribution in [3.63, 3.8) is 0 Å². The van der Waals surface area contributed by atoms with Crippen LogP contribution in [0.4, 0.5) is 22.0 Å². The van der Waals surface area contributed by atoms with Crippen LogP contribution in [0.5, 0.6) is 0 Å². The third-order valence-corrected chi connectivity index (χ3v) is 4.92. The molecule has 2 N–H and O–H groups in total. The van der Waals surface area contributed by atoms with Gasteiger partial charge in [-0.1, -0.05) is 0 Å². The van der Waals surface area contributed by atoms with Crippen molar-refractivity contribution in [1.29, 1.82) is 0 Å². The Kier molecular flexibility index (Phi) is 8.73. The number of hydroxylamine groups is 2. The van der Waals surface area contributed by atoms with E-state index in [1.165, 1.54) is 11.8 Å². The van der Waals surface area contributed by atoms with Gasteiger partial charge in [-0.3, -0.25) is 19.2 Å².